The monoisotopic (exact) mass is 206 g/mol. The summed E-state index contributed by atoms with van der Waals surface area (Å²) in [6.45, 7) is 0.748. The van der Waals surface area contributed by atoms with Crippen molar-refractivity contribution < 1.29 is 4.74 Å². The lowest BCUT2D eigenvalue weighted by Gasteiger charge is -2.36. The Morgan fingerprint density at radius 3 is 3.07 bits per heavy atom. The van der Waals surface area contributed by atoms with Gasteiger partial charge in [-0.25, -0.2) is 0 Å². The zero-order valence-electron chi connectivity index (χ0n) is 7.51. The number of hydrogen-bond acceptors (Lipinski definition) is 1. The maximum absolute atomic E-state index is 6.25. The minimum Gasteiger partial charge on any atom is -0.361 e. The molecule has 1 N–H and O–H groups in total. The first kappa shape index (κ1) is 8.33. The van der Waals surface area contributed by atoms with Crippen molar-refractivity contribution in [1.29, 1.82) is 0 Å². The molecule has 1 unspecified atom stereocenters. The van der Waals surface area contributed by atoms with Gasteiger partial charge in [-0.3, -0.25) is 0 Å². The van der Waals surface area contributed by atoms with E-state index in [0.717, 1.165) is 29.5 Å². The second-order valence-corrected chi connectivity index (χ2v) is 4.13. The van der Waals surface area contributed by atoms with Gasteiger partial charge in [-0.2, -0.15) is 0 Å². The Bertz CT molecular complexity index is 473. The number of nitrogens with one attached hydrogen (secondary N) is 1. The Balaban J connectivity index is 2.13. The lowest BCUT2D eigenvalue weighted by molar-refractivity contribution is -0.0900. The minimum atomic E-state index is -0.584. The first-order valence-corrected chi connectivity index (χ1v) is 4.98. The molecule has 1 aliphatic heterocycles. The van der Waals surface area contributed by atoms with E-state index < -0.39 is 5.06 Å². The maximum atomic E-state index is 6.25. The molecule has 1 aromatic heterocycles. The molecule has 1 saturated heterocycles. The van der Waals surface area contributed by atoms with Crippen LogP contribution in [-0.4, -0.2) is 11.6 Å². The van der Waals surface area contributed by atoms with Crippen molar-refractivity contribution >= 4 is 22.5 Å². The van der Waals surface area contributed by atoms with Gasteiger partial charge in [0.05, 0.1) is 6.61 Å². The lowest BCUT2D eigenvalue weighted by Crippen LogP contribution is -2.34. The number of halogens is 1. The van der Waals surface area contributed by atoms with Crippen LogP contribution >= 0.6 is 11.6 Å². The third-order valence-corrected chi connectivity index (χ3v) is 3.18. The van der Waals surface area contributed by atoms with Gasteiger partial charge in [-0.05, 0) is 17.7 Å². The molecule has 2 aromatic rings. The molecule has 3 heteroatoms. The summed E-state index contributed by atoms with van der Waals surface area (Å²) in [6, 6.07) is 9.14. The summed E-state index contributed by atoms with van der Waals surface area (Å²) in [4.78, 5) is 3.09. The van der Waals surface area contributed by atoms with E-state index in [0.29, 0.717) is 0 Å². The van der Waals surface area contributed by atoms with Crippen LogP contribution in [0.2, 0.25) is 0 Å². The van der Waals surface area contributed by atoms with Crippen molar-refractivity contribution in [3.8, 4) is 0 Å². The molecule has 0 spiro atoms. The number of hydrogen-bond donors (Lipinski definition) is 1. The highest BCUT2D eigenvalue weighted by molar-refractivity contribution is 6.23. The van der Waals surface area contributed by atoms with Crippen molar-refractivity contribution in [1.82, 2.24) is 4.98 Å². The van der Waals surface area contributed by atoms with Crippen LogP contribution in [0.1, 0.15) is 12.0 Å². The van der Waals surface area contributed by atoms with Crippen LogP contribution < -0.4 is 0 Å². The summed E-state index contributed by atoms with van der Waals surface area (Å²) in [7, 11) is 0. The average molecular weight is 207 g/mol. The summed E-state index contributed by atoms with van der Waals surface area (Å²) in [6.07, 6.45) is 2.68. The number of aromatic amines is 1. The van der Waals surface area contributed by atoms with Gasteiger partial charge in [-0.15, -0.1) is 0 Å². The Morgan fingerprint density at radius 2 is 2.36 bits per heavy atom. The van der Waals surface area contributed by atoms with Crippen LogP contribution in [0.25, 0.3) is 10.9 Å². The van der Waals surface area contributed by atoms with E-state index in [-0.39, 0.29) is 0 Å². The number of ether oxygens (including phenoxy) is 1. The molecular formula is C11H9ClNO. The van der Waals surface area contributed by atoms with Crippen LogP contribution in [0.4, 0.5) is 0 Å². The quantitative estimate of drug-likeness (QED) is 0.714. The molecule has 0 saturated carbocycles. The largest absolute Gasteiger partial charge is 0.361 e. The predicted molar refractivity (Wildman–Crippen MR) is 55.2 cm³/mol. The third kappa shape index (κ3) is 1.08. The van der Waals surface area contributed by atoms with Gasteiger partial charge in [0.1, 0.15) is 0 Å². The molecule has 71 valence electrons. The van der Waals surface area contributed by atoms with E-state index >= 15 is 0 Å². The summed E-state index contributed by atoms with van der Waals surface area (Å²) < 4.78 is 5.37. The van der Waals surface area contributed by atoms with E-state index in [1.54, 1.807) is 6.20 Å². The van der Waals surface area contributed by atoms with Crippen molar-refractivity contribution in [2.75, 3.05) is 6.61 Å². The van der Waals surface area contributed by atoms with Crippen LogP contribution in [-0.2, 0) is 9.80 Å². The van der Waals surface area contributed by atoms with E-state index in [4.69, 9.17) is 16.3 Å². The van der Waals surface area contributed by atoms with E-state index in [1.807, 2.05) is 18.2 Å². The van der Waals surface area contributed by atoms with Gasteiger partial charge in [0.2, 0.25) is 0 Å². The molecule has 14 heavy (non-hydrogen) atoms. The number of fused-ring (bicyclic) bond motifs is 1. The highest BCUT2D eigenvalue weighted by Gasteiger charge is 2.37. The molecule has 2 nitrogen and oxygen atoms in total. The molecule has 1 radical (unpaired) electrons. The van der Waals surface area contributed by atoms with Gasteiger partial charge < -0.3 is 9.72 Å². The van der Waals surface area contributed by atoms with Gasteiger partial charge in [0.15, 0.2) is 5.06 Å². The van der Waals surface area contributed by atoms with E-state index in [9.17, 15) is 0 Å². The number of aromatic nitrogens is 1. The molecule has 3 rings (SSSR count). The summed E-state index contributed by atoms with van der Waals surface area (Å²) in [5.74, 6) is 0. The molecule has 0 bridgehead atoms. The topological polar surface area (TPSA) is 25.0 Å². The van der Waals surface area contributed by atoms with Crippen molar-refractivity contribution in [2.45, 2.75) is 11.5 Å². The molecule has 1 fully saturated rings. The Morgan fingerprint density at radius 1 is 1.50 bits per heavy atom. The van der Waals surface area contributed by atoms with Crippen molar-refractivity contribution in [3.05, 3.63) is 36.0 Å². The summed E-state index contributed by atoms with van der Waals surface area (Å²) in [5, 5.41) is 0.470. The summed E-state index contributed by atoms with van der Waals surface area (Å²) in [5.41, 5.74) is 2.10. The Kier molecular flexibility index (Phi) is 1.64. The van der Waals surface area contributed by atoms with Crippen molar-refractivity contribution in [2.24, 2.45) is 0 Å². The summed E-state index contributed by atoms with van der Waals surface area (Å²) >= 11 is 6.25. The normalized spacial score (nSPS) is 26.4. The first-order chi connectivity index (χ1) is 6.78. The fourth-order valence-corrected chi connectivity index (χ4v) is 1.99. The molecule has 0 amide bonds. The Labute approximate surface area is 86.8 Å². The van der Waals surface area contributed by atoms with Crippen molar-refractivity contribution in [3.63, 3.8) is 0 Å². The molecule has 0 aliphatic carbocycles. The smallest absolute Gasteiger partial charge is 0.169 e. The van der Waals surface area contributed by atoms with Gasteiger partial charge in [-0.1, -0.05) is 17.7 Å². The van der Waals surface area contributed by atoms with Gasteiger partial charge >= 0.3 is 0 Å². The van der Waals surface area contributed by atoms with Crippen LogP contribution in [0.5, 0.6) is 0 Å². The number of rotatable bonds is 1. The fraction of sp³-hybridized carbons (Fsp3) is 0.273. The second kappa shape index (κ2) is 2.75. The fourth-order valence-electron chi connectivity index (χ4n) is 1.72. The zero-order valence-corrected chi connectivity index (χ0v) is 8.27. The average Bonchev–Trinajstić information content (AvgIpc) is 2.60. The van der Waals surface area contributed by atoms with Gasteiger partial charge in [0.25, 0.3) is 0 Å². The third-order valence-electron chi connectivity index (χ3n) is 2.66. The first-order valence-electron chi connectivity index (χ1n) is 4.60. The molecule has 2 heterocycles. The minimum absolute atomic E-state index is 0.584. The zero-order chi connectivity index (χ0) is 9.60. The number of benzene rings is 1. The van der Waals surface area contributed by atoms with E-state index in [1.165, 1.54) is 0 Å². The van der Waals surface area contributed by atoms with Crippen LogP contribution in [0, 0.1) is 6.07 Å². The molecular weight excluding hydrogens is 198 g/mol. The SMILES string of the molecule is ClC1(c2ccc3[nH]c[c]c3c2)CCO1. The Hall–Kier alpha value is -0.990. The predicted octanol–water partition coefficient (Wildman–Crippen LogP) is 2.78. The van der Waals surface area contributed by atoms with E-state index in [2.05, 4.69) is 11.1 Å². The molecule has 1 aliphatic rings. The number of alkyl halides is 1. The highest BCUT2D eigenvalue weighted by Crippen LogP contribution is 2.41. The number of H-pyrrole nitrogens is 1. The van der Waals surface area contributed by atoms with Gasteiger partial charge in [0, 0.05) is 29.6 Å². The molecule has 1 aromatic carbocycles. The maximum Gasteiger partial charge on any atom is 0.169 e. The van der Waals surface area contributed by atoms with Crippen LogP contribution in [0.3, 0.4) is 0 Å². The lowest BCUT2D eigenvalue weighted by atomic mass is 10.0. The molecule has 1 atom stereocenters. The second-order valence-electron chi connectivity index (χ2n) is 3.52. The standard InChI is InChI=1S/C11H9ClNO/c12-11(4-6-14-11)9-1-2-10-8(7-9)3-5-13-10/h1-2,5,7,13H,4,6H2. The van der Waals surface area contributed by atoms with Crippen LogP contribution in [0.15, 0.2) is 24.4 Å². The highest BCUT2D eigenvalue weighted by atomic mass is 35.5.